The average molecular weight is 338 g/mol. The molecule has 0 unspecified atom stereocenters. The van der Waals surface area contributed by atoms with Gasteiger partial charge in [-0.15, -0.1) is 0 Å². The van der Waals surface area contributed by atoms with Gasteiger partial charge < -0.3 is 5.32 Å². The zero-order chi connectivity index (χ0) is 14.2. The van der Waals surface area contributed by atoms with Crippen molar-refractivity contribution in [2.75, 3.05) is 5.32 Å². The van der Waals surface area contributed by atoms with Crippen molar-refractivity contribution >= 4 is 27.3 Å². The van der Waals surface area contributed by atoms with Gasteiger partial charge in [0.25, 0.3) is 0 Å². The van der Waals surface area contributed by atoms with Crippen LogP contribution in [-0.4, -0.2) is 19.6 Å². The maximum Gasteiger partial charge on any atom is 0.437 e. The van der Waals surface area contributed by atoms with Crippen LogP contribution in [0.5, 0.6) is 0 Å². The molecule has 0 saturated carbocycles. The Morgan fingerprint density at radius 1 is 1.26 bits per heavy atom. The Hall–Kier alpha value is -1.51. The Kier molecular flexibility index (Phi) is 3.57. The van der Waals surface area contributed by atoms with Gasteiger partial charge in [0.15, 0.2) is 10.3 Å². The van der Waals surface area contributed by atoms with E-state index in [-0.39, 0.29) is 5.69 Å². The first kappa shape index (κ1) is 13.9. The van der Waals surface area contributed by atoms with E-state index in [9.17, 15) is 13.2 Å². The molecule has 2 heterocycles. The van der Waals surface area contributed by atoms with E-state index in [1.165, 1.54) is 15.6 Å². The van der Waals surface area contributed by atoms with E-state index in [1.54, 1.807) is 20.2 Å². The summed E-state index contributed by atoms with van der Waals surface area (Å²) >= 11 is 3.17. The van der Waals surface area contributed by atoms with Crippen molar-refractivity contribution < 1.29 is 13.2 Å². The molecule has 0 aromatic carbocycles. The van der Waals surface area contributed by atoms with Crippen LogP contribution in [0.15, 0.2) is 17.0 Å². The average Bonchev–Trinajstić information content (AvgIpc) is 2.83. The molecule has 0 bridgehead atoms. The zero-order valence-corrected chi connectivity index (χ0v) is 11.7. The monoisotopic (exact) mass is 337 g/mol. The van der Waals surface area contributed by atoms with Crippen molar-refractivity contribution in [1.82, 2.24) is 19.6 Å². The van der Waals surface area contributed by atoms with E-state index in [2.05, 4.69) is 31.4 Å². The van der Waals surface area contributed by atoms with E-state index in [4.69, 9.17) is 0 Å². The molecule has 0 amide bonds. The first-order chi connectivity index (χ1) is 8.81. The van der Waals surface area contributed by atoms with Crippen molar-refractivity contribution in [2.24, 2.45) is 7.05 Å². The van der Waals surface area contributed by atoms with Gasteiger partial charge in [-0.25, -0.2) is 0 Å². The summed E-state index contributed by atoms with van der Waals surface area (Å²) in [5.41, 5.74) is -0.586. The highest BCUT2D eigenvalue weighted by molar-refractivity contribution is 9.10. The van der Waals surface area contributed by atoms with Crippen molar-refractivity contribution in [1.29, 1.82) is 0 Å². The smallest absolute Gasteiger partial charge is 0.349 e. The minimum absolute atomic E-state index is 0.0944. The van der Waals surface area contributed by atoms with E-state index >= 15 is 0 Å². The number of nitrogens with one attached hydrogen (secondary N) is 1. The SMILES string of the molecule is CCn1cc(Nc2cn(C)nc2Br)c(C(F)(F)F)n1. The molecule has 0 aliphatic heterocycles. The number of aryl methyl sites for hydroxylation is 2. The molecule has 0 spiro atoms. The summed E-state index contributed by atoms with van der Waals surface area (Å²) in [6.45, 7) is 2.08. The fraction of sp³-hybridized carbons (Fsp3) is 0.400. The van der Waals surface area contributed by atoms with E-state index in [0.717, 1.165) is 0 Å². The second kappa shape index (κ2) is 4.87. The summed E-state index contributed by atoms with van der Waals surface area (Å²) in [6, 6.07) is 0. The van der Waals surface area contributed by atoms with Crippen LogP contribution in [0.2, 0.25) is 0 Å². The lowest BCUT2D eigenvalue weighted by atomic mass is 10.3. The highest BCUT2D eigenvalue weighted by atomic mass is 79.9. The number of anilines is 2. The molecule has 0 saturated heterocycles. The van der Waals surface area contributed by atoms with Gasteiger partial charge in [-0.2, -0.15) is 23.4 Å². The maximum absolute atomic E-state index is 12.9. The third-order valence-corrected chi connectivity index (χ3v) is 2.99. The van der Waals surface area contributed by atoms with Crippen molar-refractivity contribution in [2.45, 2.75) is 19.6 Å². The van der Waals surface area contributed by atoms with Crippen molar-refractivity contribution in [3.8, 4) is 0 Å². The molecular formula is C10H11BrF3N5. The molecule has 5 nitrogen and oxygen atoms in total. The minimum Gasteiger partial charge on any atom is -0.349 e. The number of hydrogen-bond acceptors (Lipinski definition) is 3. The topological polar surface area (TPSA) is 47.7 Å². The predicted molar refractivity (Wildman–Crippen MR) is 67.1 cm³/mol. The lowest BCUT2D eigenvalue weighted by Crippen LogP contribution is -2.09. The molecule has 0 aliphatic carbocycles. The van der Waals surface area contributed by atoms with Crippen LogP contribution < -0.4 is 5.32 Å². The first-order valence-electron chi connectivity index (χ1n) is 5.42. The molecular weight excluding hydrogens is 327 g/mol. The van der Waals surface area contributed by atoms with Gasteiger partial charge >= 0.3 is 6.18 Å². The van der Waals surface area contributed by atoms with Crippen molar-refractivity contribution in [3.63, 3.8) is 0 Å². The Labute approximate surface area is 115 Å². The second-order valence-electron chi connectivity index (χ2n) is 3.88. The Bertz CT molecular complexity index is 586. The number of alkyl halides is 3. The van der Waals surface area contributed by atoms with Crippen LogP contribution in [0.3, 0.4) is 0 Å². The molecule has 0 atom stereocenters. The number of halogens is 4. The molecule has 1 N–H and O–H groups in total. The van der Waals surface area contributed by atoms with Crippen LogP contribution in [0.4, 0.5) is 24.5 Å². The summed E-state index contributed by atoms with van der Waals surface area (Å²) in [7, 11) is 1.68. The number of nitrogens with zero attached hydrogens (tertiary/aromatic N) is 4. The molecule has 104 valence electrons. The Morgan fingerprint density at radius 2 is 1.95 bits per heavy atom. The summed E-state index contributed by atoms with van der Waals surface area (Å²) in [4.78, 5) is 0. The summed E-state index contributed by atoms with van der Waals surface area (Å²) < 4.78 is 41.7. The zero-order valence-electron chi connectivity index (χ0n) is 10.2. The second-order valence-corrected chi connectivity index (χ2v) is 4.63. The highest BCUT2D eigenvalue weighted by Gasteiger charge is 2.37. The normalized spacial score (nSPS) is 11.9. The third-order valence-electron chi connectivity index (χ3n) is 2.41. The fourth-order valence-corrected chi connectivity index (χ4v) is 2.03. The van der Waals surface area contributed by atoms with Gasteiger partial charge in [-0.05, 0) is 22.9 Å². The molecule has 0 radical (unpaired) electrons. The molecule has 0 aliphatic rings. The first-order valence-corrected chi connectivity index (χ1v) is 6.21. The van der Waals surface area contributed by atoms with Gasteiger partial charge in [-0.1, -0.05) is 0 Å². The summed E-state index contributed by atoms with van der Waals surface area (Å²) in [5, 5.41) is 10.2. The molecule has 2 rings (SSSR count). The molecule has 9 heteroatoms. The standard InChI is InChI=1S/C10H11BrF3N5/c1-3-19-5-6(8(16-19)10(12,13)14)15-7-4-18(2)17-9(7)11/h4-5,15H,3H2,1-2H3. The van der Waals surface area contributed by atoms with E-state index in [0.29, 0.717) is 16.8 Å². The molecule has 19 heavy (non-hydrogen) atoms. The predicted octanol–water partition coefficient (Wildman–Crippen LogP) is 3.16. The van der Waals surface area contributed by atoms with Gasteiger partial charge in [0.1, 0.15) is 0 Å². The van der Waals surface area contributed by atoms with Crippen LogP contribution in [0.25, 0.3) is 0 Å². The van der Waals surface area contributed by atoms with E-state index in [1.807, 2.05) is 0 Å². The summed E-state index contributed by atoms with van der Waals surface area (Å²) in [5.74, 6) is 0. The molecule has 2 aromatic heterocycles. The fourth-order valence-electron chi connectivity index (χ4n) is 1.57. The number of hydrogen-bond donors (Lipinski definition) is 1. The quantitative estimate of drug-likeness (QED) is 0.935. The number of rotatable bonds is 3. The number of aromatic nitrogens is 4. The van der Waals surface area contributed by atoms with Crippen LogP contribution in [0, 0.1) is 0 Å². The Morgan fingerprint density at radius 3 is 2.42 bits per heavy atom. The van der Waals surface area contributed by atoms with Crippen LogP contribution >= 0.6 is 15.9 Å². The van der Waals surface area contributed by atoms with E-state index < -0.39 is 11.9 Å². The molecule has 0 fully saturated rings. The lowest BCUT2D eigenvalue weighted by Gasteiger charge is -2.06. The maximum atomic E-state index is 12.9. The van der Waals surface area contributed by atoms with Crippen molar-refractivity contribution in [3.05, 3.63) is 22.7 Å². The summed E-state index contributed by atoms with van der Waals surface area (Å²) in [6.07, 6.45) is -1.60. The van der Waals surface area contributed by atoms with Gasteiger partial charge in [0.05, 0.1) is 11.4 Å². The van der Waals surface area contributed by atoms with Gasteiger partial charge in [-0.3, -0.25) is 9.36 Å². The van der Waals surface area contributed by atoms with Crippen LogP contribution in [-0.2, 0) is 19.8 Å². The highest BCUT2D eigenvalue weighted by Crippen LogP contribution is 2.35. The van der Waals surface area contributed by atoms with Gasteiger partial charge in [0, 0.05) is 26.0 Å². The van der Waals surface area contributed by atoms with Gasteiger partial charge in [0.2, 0.25) is 0 Å². The largest absolute Gasteiger partial charge is 0.437 e. The molecule has 2 aromatic rings. The third kappa shape index (κ3) is 2.91. The van der Waals surface area contributed by atoms with Crippen LogP contribution in [0.1, 0.15) is 12.6 Å². The minimum atomic E-state index is -4.50. The lowest BCUT2D eigenvalue weighted by molar-refractivity contribution is -0.140. The Balaban J connectivity index is 2.39.